The number of rotatable bonds is 9. The third-order valence-corrected chi connectivity index (χ3v) is 5.65. The van der Waals surface area contributed by atoms with Gasteiger partial charge in [0.2, 0.25) is 0 Å². The van der Waals surface area contributed by atoms with Crippen LogP contribution in [0, 0.1) is 6.92 Å². The van der Waals surface area contributed by atoms with Crippen LogP contribution < -0.4 is 20.1 Å². The first-order valence-corrected chi connectivity index (χ1v) is 11.8. The van der Waals surface area contributed by atoms with Gasteiger partial charge >= 0.3 is 0 Å². The van der Waals surface area contributed by atoms with Gasteiger partial charge in [0.05, 0.1) is 25.2 Å². The summed E-state index contributed by atoms with van der Waals surface area (Å²) in [5, 5.41) is 6.53. The molecular weight excluding hydrogens is 529 g/mol. The van der Waals surface area contributed by atoms with Crippen LogP contribution in [0.5, 0.6) is 11.5 Å². The Morgan fingerprint density at radius 1 is 1.03 bits per heavy atom. The zero-order chi connectivity index (χ0) is 22.1. The van der Waals surface area contributed by atoms with Crippen molar-refractivity contribution in [2.75, 3.05) is 26.5 Å². The minimum atomic E-state index is -3.22. The third kappa shape index (κ3) is 8.21. The van der Waals surface area contributed by atoms with Gasteiger partial charge in [-0.1, -0.05) is 18.2 Å². The molecule has 2 rings (SSSR count). The lowest BCUT2D eigenvalue weighted by molar-refractivity contribution is 0.310. The van der Waals surface area contributed by atoms with E-state index in [2.05, 4.69) is 15.6 Å². The largest absolute Gasteiger partial charge is 0.493 e. The molecule has 9 heteroatoms. The van der Waals surface area contributed by atoms with Crippen LogP contribution in [-0.4, -0.2) is 40.9 Å². The highest BCUT2D eigenvalue weighted by molar-refractivity contribution is 14.0. The second-order valence-corrected chi connectivity index (χ2v) is 8.82. The number of aliphatic imine (C=N–C) groups is 1. The topological polar surface area (TPSA) is 89.0 Å². The molecule has 0 unspecified atom stereocenters. The maximum Gasteiger partial charge on any atom is 0.191 e. The number of nitrogens with zero attached hydrogens (tertiary/aromatic N) is 1. The fourth-order valence-corrected chi connectivity index (χ4v) is 3.98. The van der Waals surface area contributed by atoms with E-state index < -0.39 is 9.84 Å². The van der Waals surface area contributed by atoms with E-state index in [1.165, 1.54) is 6.26 Å². The molecule has 0 fully saturated rings. The summed E-state index contributed by atoms with van der Waals surface area (Å²) in [7, 11) is -1.60. The van der Waals surface area contributed by atoms with Crippen LogP contribution in [0.3, 0.4) is 0 Å². The molecule has 0 saturated heterocycles. The van der Waals surface area contributed by atoms with Gasteiger partial charge in [-0.3, -0.25) is 0 Å². The maximum atomic E-state index is 11.8. The van der Waals surface area contributed by atoms with Crippen LogP contribution in [-0.2, 0) is 22.9 Å². The predicted molar refractivity (Wildman–Crippen MR) is 136 cm³/mol. The van der Waals surface area contributed by atoms with E-state index in [4.69, 9.17) is 9.47 Å². The Hall–Kier alpha value is -2.01. The van der Waals surface area contributed by atoms with Gasteiger partial charge in [0.15, 0.2) is 27.3 Å². The van der Waals surface area contributed by atoms with E-state index in [0.29, 0.717) is 42.1 Å². The van der Waals surface area contributed by atoms with Crippen LogP contribution in [0.15, 0.2) is 46.3 Å². The molecule has 0 aromatic heterocycles. The van der Waals surface area contributed by atoms with Crippen molar-refractivity contribution in [3.05, 3.63) is 53.1 Å². The molecule has 2 N–H and O–H groups in total. The van der Waals surface area contributed by atoms with Gasteiger partial charge in [-0.15, -0.1) is 24.0 Å². The Morgan fingerprint density at radius 2 is 1.74 bits per heavy atom. The van der Waals surface area contributed by atoms with E-state index >= 15 is 0 Å². The summed E-state index contributed by atoms with van der Waals surface area (Å²) in [5.74, 6) is 2.09. The molecule has 0 aliphatic rings. The molecule has 0 radical (unpaired) electrons. The molecule has 0 bridgehead atoms. The standard InChI is InChI=1S/C22H31N3O4S.HI/c1-6-23-22(24-14-17-9-11-21(16(3)12-17)30(5,26)27)25-15-18-8-10-19(28-4)20(13-18)29-7-2;/h8-13H,6-7,14-15H2,1-5H3,(H2,23,24,25);1H. The summed E-state index contributed by atoms with van der Waals surface area (Å²) >= 11 is 0. The number of guanidine groups is 1. The second kappa shape index (κ2) is 12.7. The SMILES string of the molecule is CCNC(=NCc1ccc(S(C)(=O)=O)c(C)c1)NCc1ccc(OC)c(OCC)c1.I. The molecule has 2 aromatic rings. The van der Waals surface area contributed by atoms with Crippen molar-refractivity contribution >= 4 is 39.8 Å². The van der Waals surface area contributed by atoms with E-state index in [9.17, 15) is 8.42 Å². The first-order valence-electron chi connectivity index (χ1n) is 9.90. The van der Waals surface area contributed by atoms with Crippen LogP contribution >= 0.6 is 24.0 Å². The Balaban J connectivity index is 0.00000480. The smallest absolute Gasteiger partial charge is 0.191 e. The van der Waals surface area contributed by atoms with E-state index in [1.54, 1.807) is 26.2 Å². The van der Waals surface area contributed by atoms with Crippen LogP contribution in [0.25, 0.3) is 0 Å². The lowest BCUT2D eigenvalue weighted by atomic mass is 10.1. The fraction of sp³-hybridized carbons (Fsp3) is 0.409. The zero-order valence-electron chi connectivity index (χ0n) is 18.7. The zero-order valence-corrected chi connectivity index (χ0v) is 21.8. The molecule has 0 heterocycles. The molecule has 7 nitrogen and oxygen atoms in total. The molecule has 0 atom stereocenters. The third-order valence-electron chi connectivity index (χ3n) is 4.39. The highest BCUT2D eigenvalue weighted by Crippen LogP contribution is 2.28. The number of aryl methyl sites for hydroxylation is 1. The summed E-state index contributed by atoms with van der Waals surface area (Å²) in [6.07, 6.45) is 1.22. The average Bonchev–Trinajstić information content (AvgIpc) is 2.69. The van der Waals surface area contributed by atoms with Crippen molar-refractivity contribution < 1.29 is 17.9 Å². The lowest BCUT2D eigenvalue weighted by Crippen LogP contribution is -2.36. The molecule has 31 heavy (non-hydrogen) atoms. The van der Waals surface area contributed by atoms with Gasteiger partial charge in [-0.05, 0) is 55.7 Å². The number of hydrogen-bond donors (Lipinski definition) is 2. The summed E-state index contributed by atoms with van der Waals surface area (Å²) in [4.78, 5) is 4.96. The van der Waals surface area contributed by atoms with Gasteiger partial charge in [-0.25, -0.2) is 13.4 Å². The summed E-state index contributed by atoms with van der Waals surface area (Å²) in [5.41, 5.74) is 2.71. The molecule has 0 saturated carbocycles. The van der Waals surface area contributed by atoms with Crippen molar-refractivity contribution in [3.8, 4) is 11.5 Å². The van der Waals surface area contributed by atoms with E-state index in [1.807, 2.05) is 38.1 Å². The summed E-state index contributed by atoms with van der Waals surface area (Å²) in [6, 6.07) is 11.1. The number of ether oxygens (including phenoxy) is 2. The van der Waals surface area contributed by atoms with Crippen molar-refractivity contribution in [1.82, 2.24) is 10.6 Å². The van der Waals surface area contributed by atoms with Crippen molar-refractivity contribution in [1.29, 1.82) is 0 Å². The normalized spacial score (nSPS) is 11.5. The minimum absolute atomic E-state index is 0. The van der Waals surface area contributed by atoms with Crippen molar-refractivity contribution in [2.24, 2.45) is 4.99 Å². The molecule has 0 aliphatic heterocycles. The number of benzene rings is 2. The number of halogens is 1. The monoisotopic (exact) mass is 561 g/mol. The minimum Gasteiger partial charge on any atom is -0.493 e. The Kier molecular flexibility index (Phi) is 11.1. The average molecular weight is 561 g/mol. The Labute approximate surface area is 202 Å². The highest BCUT2D eigenvalue weighted by atomic mass is 127. The van der Waals surface area contributed by atoms with Gasteiger partial charge in [0, 0.05) is 19.3 Å². The molecule has 0 aliphatic carbocycles. The predicted octanol–water partition coefficient (Wildman–Crippen LogP) is 3.68. The maximum absolute atomic E-state index is 11.8. The van der Waals surface area contributed by atoms with Gasteiger partial charge < -0.3 is 20.1 Å². The molecular formula is C22H32IN3O4S. The number of methoxy groups -OCH3 is 1. The fourth-order valence-electron chi connectivity index (χ4n) is 3.02. The van der Waals surface area contributed by atoms with Crippen molar-refractivity contribution in [3.63, 3.8) is 0 Å². The Morgan fingerprint density at radius 3 is 2.32 bits per heavy atom. The second-order valence-electron chi connectivity index (χ2n) is 6.84. The van der Waals surface area contributed by atoms with Crippen LogP contribution in [0.2, 0.25) is 0 Å². The Bertz CT molecular complexity index is 994. The van der Waals surface area contributed by atoms with E-state index in [0.717, 1.165) is 23.2 Å². The first kappa shape index (κ1) is 27.0. The number of hydrogen-bond acceptors (Lipinski definition) is 5. The van der Waals surface area contributed by atoms with Crippen LogP contribution in [0.1, 0.15) is 30.5 Å². The quantitative estimate of drug-likeness (QED) is 0.276. The first-order chi connectivity index (χ1) is 14.3. The summed E-state index contributed by atoms with van der Waals surface area (Å²) < 4.78 is 34.5. The molecule has 172 valence electrons. The number of nitrogens with one attached hydrogen (secondary N) is 2. The molecule has 0 amide bonds. The highest BCUT2D eigenvalue weighted by Gasteiger charge is 2.11. The summed E-state index contributed by atoms with van der Waals surface area (Å²) in [6.45, 7) is 8.04. The van der Waals surface area contributed by atoms with Gasteiger partial charge in [0.1, 0.15) is 0 Å². The van der Waals surface area contributed by atoms with Crippen molar-refractivity contribution in [2.45, 2.75) is 38.8 Å². The van der Waals surface area contributed by atoms with Gasteiger partial charge in [0.25, 0.3) is 0 Å². The number of sulfone groups is 1. The lowest BCUT2D eigenvalue weighted by Gasteiger charge is -2.14. The van der Waals surface area contributed by atoms with Crippen LogP contribution in [0.4, 0.5) is 0 Å². The molecule has 2 aromatic carbocycles. The molecule has 0 spiro atoms. The van der Waals surface area contributed by atoms with E-state index in [-0.39, 0.29) is 24.0 Å². The van der Waals surface area contributed by atoms with Gasteiger partial charge in [-0.2, -0.15) is 0 Å².